The Balaban J connectivity index is 2.07. The van der Waals surface area contributed by atoms with Gasteiger partial charge in [-0.1, -0.05) is 6.07 Å². The number of hydrogen-bond acceptors (Lipinski definition) is 5. The van der Waals surface area contributed by atoms with Crippen molar-refractivity contribution in [1.82, 2.24) is 5.32 Å². The maximum absolute atomic E-state index is 13.6. The van der Waals surface area contributed by atoms with Crippen molar-refractivity contribution >= 4 is 40.9 Å². The zero-order chi connectivity index (χ0) is 19.6. The fourth-order valence-corrected chi connectivity index (χ4v) is 2.90. The summed E-state index contributed by atoms with van der Waals surface area (Å²) in [5.41, 5.74) is 0.523. The molecule has 0 atom stereocenters. The smallest absolute Gasteiger partial charge is 0.270 e. The Morgan fingerprint density at radius 1 is 1.11 bits per heavy atom. The first-order valence-electron chi connectivity index (χ1n) is 7.83. The first-order chi connectivity index (χ1) is 12.9. The Labute approximate surface area is 160 Å². The van der Waals surface area contributed by atoms with Gasteiger partial charge >= 0.3 is 0 Å². The maximum atomic E-state index is 13.6. The van der Waals surface area contributed by atoms with Crippen molar-refractivity contribution in [2.24, 2.45) is 0 Å². The van der Waals surface area contributed by atoms with Crippen LogP contribution in [0.15, 0.2) is 48.0 Å². The molecule has 0 unspecified atom stereocenters. The highest BCUT2D eigenvalue weighted by molar-refractivity contribution is 7.80. The number of carbonyl (C=O) groups excluding carboxylic acids is 2. The molecule has 1 aliphatic rings. The highest BCUT2D eigenvalue weighted by atomic mass is 32.1. The van der Waals surface area contributed by atoms with Gasteiger partial charge in [-0.2, -0.15) is 0 Å². The van der Waals surface area contributed by atoms with Crippen molar-refractivity contribution in [2.75, 3.05) is 19.1 Å². The predicted octanol–water partition coefficient (Wildman–Crippen LogP) is 2.67. The van der Waals surface area contributed by atoms with E-state index in [0.717, 1.165) is 11.0 Å². The monoisotopic (exact) mass is 386 g/mol. The van der Waals surface area contributed by atoms with Crippen LogP contribution in [0.4, 0.5) is 10.1 Å². The lowest BCUT2D eigenvalue weighted by Crippen LogP contribution is -2.54. The second-order valence-corrected chi connectivity index (χ2v) is 5.93. The van der Waals surface area contributed by atoms with Crippen molar-refractivity contribution in [3.63, 3.8) is 0 Å². The second-order valence-electron chi connectivity index (χ2n) is 5.55. The minimum Gasteiger partial charge on any atom is -0.497 e. The quantitative estimate of drug-likeness (QED) is 0.497. The zero-order valence-electron chi connectivity index (χ0n) is 14.5. The minimum absolute atomic E-state index is 0.120. The predicted molar refractivity (Wildman–Crippen MR) is 102 cm³/mol. The van der Waals surface area contributed by atoms with Crippen LogP contribution in [0.2, 0.25) is 0 Å². The van der Waals surface area contributed by atoms with Gasteiger partial charge in [0.05, 0.1) is 19.9 Å². The Bertz CT molecular complexity index is 974. The number of halogens is 1. The van der Waals surface area contributed by atoms with Crippen LogP contribution < -0.4 is 19.7 Å². The van der Waals surface area contributed by atoms with Gasteiger partial charge in [0, 0.05) is 5.56 Å². The SMILES string of the molecule is COc1ccc(OC)c(/C=C2\C(=O)NC(=S)N(c3cccc(F)c3)C2=O)c1. The van der Waals surface area contributed by atoms with Gasteiger partial charge in [0.2, 0.25) is 0 Å². The number of anilines is 1. The number of methoxy groups -OCH3 is 2. The lowest BCUT2D eigenvalue weighted by Gasteiger charge is -2.29. The molecule has 138 valence electrons. The Morgan fingerprint density at radius 3 is 2.56 bits per heavy atom. The number of ether oxygens (including phenoxy) is 2. The highest BCUT2D eigenvalue weighted by Gasteiger charge is 2.34. The summed E-state index contributed by atoms with van der Waals surface area (Å²) >= 11 is 5.09. The van der Waals surface area contributed by atoms with Gasteiger partial charge in [0.25, 0.3) is 11.8 Å². The average Bonchev–Trinajstić information content (AvgIpc) is 2.64. The van der Waals surface area contributed by atoms with E-state index in [9.17, 15) is 14.0 Å². The topological polar surface area (TPSA) is 67.9 Å². The van der Waals surface area contributed by atoms with E-state index in [-0.39, 0.29) is 16.4 Å². The van der Waals surface area contributed by atoms with Gasteiger partial charge in [-0.15, -0.1) is 0 Å². The molecule has 1 saturated heterocycles. The van der Waals surface area contributed by atoms with Gasteiger partial charge in [-0.3, -0.25) is 19.8 Å². The molecular weight excluding hydrogens is 371 g/mol. The van der Waals surface area contributed by atoms with Crippen molar-refractivity contribution in [3.8, 4) is 11.5 Å². The highest BCUT2D eigenvalue weighted by Crippen LogP contribution is 2.28. The normalized spacial score (nSPS) is 15.7. The molecule has 1 fully saturated rings. The first kappa shape index (κ1) is 18.5. The molecule has 0 spiro atoms. The van der Waals surface area contributed by atoms with Crippen LogP contribution in [0.3, 0.4) is 0 Å². The van der Waals surface area contributed by atoms with Crippen LogP contribution in [0.1, 0.15) is 5.56 Å². The number of hydrogen-bond donors (Lipinski definition) is 1. The lowest BCUT2D eigenvalue weighted by atomic mass is 10.1. The standard InChI is InChI=1S/C19H15FN2O4S/c1-25-14-6-7-16(26-2)11(8-14)9-15-17(23)21-19(27)22(18(15)24)13-5-3-4-12(20)10-13/h3-10H,1-2H3,(H,21,23,27)/b15-9+. The van der Waals surface area contributed by atoms with Gasteiger partial charge in [-0.05, 0) is 54.7 Å². The molecule has 0 aliphatic carbocycles. The molecule has 27 heavy (non-hydrogen) atoms. The Hall–Kier alpha value is -3.26. The Morgan fingerprint density at radius 2 is 1.89 bits per heavy atom. The number of nitrogens with one attached hydrogen (secondary N) is 1. The third-order valence-electron chi connectivity index (χ3n) is 3.90. The number of thiocarbonyl (C=S) groups is 1. The summed E-state index contributed by atoms with van der Waals surface area (Å²) in [5.74, 6) is -0.861. The molecule has 6 nitrogen and oxygen atoms in total. The summed E-state index contributed by atoms with van der Waals surface area (Å²) in [7, 11) is 2.97. The van der Waals surface area contributed by atoms with Crippen LogP contribution >= 0.6 is 12.2 Å². The van der Waals surface area contributed by atoms with E-state index >= 15 is 0 Å². The molecule has 2 aromatic carbocycles. The van der Waals surface area contributed by atoms with Crippen LogP contribution in [-0.2, 0) is 9.59 Å². The molecule has 0 saturated carbocycles. The molecule has 1 aliphatic heterocycles. The van der Waals surface area contributed by atoms with Crippen LogP contribution in [0.5, 0.6) is 11.5 Å². The van der Waals surface area contributed by atoms with Crippen molar-refractivity contribution < 1.29 is 23.5 Å². The second kappa shape index (κ2) is 7.55. The summed E-state index contributed by atoms with van der Waals surface area (Å²) < 4.78 is 24.0. The van der Waals surface area contributed by atoms with Crippen molar-refractivity contribution in [2.45, 2.75) is 0 Å². The fraction of sp³-hybridized carbons (Fsp3) is 0.105. The van der Waals surface area contributed by atoms with E-state index in [2.05, 4.69) is 5.32 Å². The molecule has 3 rings (SSSR count). The lowest BCUT2D eigenvalue weighted by molar-refractivity contribution is -0.122. The minimum atomic E-state index is -0.667. The molecule has 0 aromatic heterocycles. The number of carbonyl (C=O) groups is 2. The zero-order valence-corrected chi connectivity index (χ0v) is 15.3. The summed E-state index contributed by atoms with van der Waals surface area (Å²) in [6.45, 7) is 0. The van der Waals surface area contributed by atoms with Crippen LogP contribution in [0.25, 0.3) is 6.08 Å². The molecule has 2 aromatic rings. The van der Waals surface area contributed by atoms with E-state index in [0.29, 0.717) is 17.1 Å². The number of amides is 2. The van der Waals surface area contributed by atoms with Crippen LogP contribution in [0, 0.1) is 5.82 Å². The molecular formula is C19H15FN2O4S. The summed E-state index contributed by atoms with van der Waals surface area (Å²) in [5, 5.41) is 2.33. The van der Waals surface area contributed by atoms with Crippen LogP contribution in [-0.4, -0.2) is 31.1 Å². The summed E-state index contributed by atoms with van der Waals surface area (Å²) in [6.07, 6.45) is 1.38. The van der Waals surface area contributed by atoms with Gasteiger partial charge < -0.3 is 9.47 Å². The number of rotatable bonds is 4. The van der Waals surface area contributed by atoms with E-state index in [1.165, 1.54) is 38.5 Å². The largest absolute Gasteiger partial charge is 0.497 e. The first-order valence-corrected chi connectivity index (χ1v) is 8.24. The van der Waals surface area contributed by atoms with Crippen molar-refractivity contribution in [1.29, 1.82) is 0 Å². The average molecular weight is 386 g/mol. The maximum Gasteiger partial charge on any atom is 0.270 e. The Kier molecular flexibility index (Phi) is 5.18. The third-order valence-corrected chi connectivity index (χ3v) is 4.19. The molecule has 0 bridgehead atoms. The molecule has 2 amide bonds. The summed E-state index contributed by atoms with van der Waals surface area (Å²) in [6, 6.07) is 10.4. The molecule has 0 radical (unpaired) electrons. The van der Waals surface area contributed by atoms with E-state index in [1.807, 2.05) is 0 Å². The fourth-order valence-electron chi connectivity index (χ4n) is 2.61. The third kappa shape index (κ3) is 3.65. The molecule has 1 heterocycles. The number of benzene rings is 2. The molecule has 8 heteroatoms. The van der Waals surface area contributed by atoms with Gasteiger partial charge in [0.1, 0.15) is 22.9 Å². The summed E-state index contributed by atoms with van der Waals surface area (Å²) in [4.78, 5) is 26.4. The molecule has 1 N–H and O–H groups in total. The van der Waals surface area contributed by atoms with Gasteiger partial charge in [0.15, 0.2) is 5.11 Å². The van der Waals surface area contributed by atoms with Crippen molar-refractivity contribution in [3.05, 3.63) is 59.4 Å². The van der Waals surface area contributed by atoms with E-state index < -0.39 is 17.6 Å². The number of nitrogens with zero attached hydrogens (tertiary/aromatic N) is 1. The van der Waals surface area contributed by atoms with E-state index in [1.54, 1.807) is 18.2 Å². The van der Waals surface area contributed by atoms with Gasteiger partial charge in [-0.25, -0.2) is 4.39 Å². The van der Waals surface area contributed by atoms with E-state index in [4.69, 9.17) is 21.7 Å².